The van der Waals surface area contributed by atoms with E-state index in [-0.39, 0.29) is 6.03 Å². The van der Waals surface area contributed by atoms with Gasteiger partial charge in [-0.05, 0) is 43.5 Å². The Morgan fingerprint density at radius 1 is 1.29 bits per heavy atom. The summed E-state index contributed by atoms with van der Waals surface area (Å²) in [6.45, 7) is 5.29. The van der Waals surface area contributed by atoms with Gasteiger partial charge in [-0.1, -0.05) is 23.8 Å². The molecule has 0 saturated heterocycles. The molecule has 2 amide bonds. The lowest BCUT2D eigenvalue weighted by Gasteiger charge is -2.17. The first-order valence-corrected chi connectivity index (χ1v) is 7.14. The molecule has 21 heavy (non-hydrogen) atoms. The first-order valence-electron chi connectivity index (χ1n) is 7.14. The zero-order valence-electron chi connectivity index (χ0n) is 12.8. The summed E-state index contributed by atoms with van der Waals surface area (Å²) < 4.78 is 5.23. The van der Waals surface area contributed by atoms with Crippen LogP contribution in [0.15, 0.2) is 41.0 Å². The third kappa shape index (κ3) is 4.38. The van der Waals surface area contributed by atoms with E-state index in [1.807, 2.05) is 12.1 Å². The number of hydrogen-bond donors (Lipinski definition) is 1. The van der Waals surface area contributed by atoms with Crippen molar-refractivity contribution in [2.24, 2.45) is 0 Å². The molecule has 4 nitrogen and oxygen atoms in total. The van der Waals surface area contributed by atoms with Gasteiger partial charge >= 0.3 is 6.03 Å². The van der Waals surface area contributed by atoms with Gasteiger partial charge in [0.15, 0.2) is 0 Å². The molecule has 0 radical (unpaired) electrons. The van der Waals surface area contributed by atoms with Crippen LogP contribution in [0.25, 0.3) is 0 Å². The average Bonchev–Trinajstić information content (AvgIpc) is 2.94. The van der Waals surface area contributed by atoms with E-state index in [2.05, 4.69) is 37.4 Å². The summed E-state index contributed by atoms with van der Waals surface area (Å²) in [6.07, 6.45) is 2.45. The highest BCUT2D eigenvalue weighted by molar-refractivity contribution is 5.73. The van der Waals surface area contributed by atoms with E-state index in [1.54, 1.807) is 18.2 Å². The Morgan fingerprint density at radius 3 is 2.76 bits per heavy atom. The van der Waals surface area contributed by atoms with E-state index in [1.165, 1.54) is 16.7 Å². The molecule has 1 heterocycles. The van der Waals surface area contributed by atoms with E-state index in [9.17, 15) is 4.79 Å². The predicted octanol–water partition coefficient (Wildman–Crippen LogP) is 3.28. The van der Waals surface area contributed by atoms with Crippen LogP contribution in [0.5, 0.6) is 0 Å². The van der Waals surface area contributed by atoms with E-state index < -0.39 is 0 Å². The second-order valence-electron chi connectivity index (χ2n) is 5.35. The van der Waals surface area contributed by atoms with Crippen molar-refractivity contribution in [1.82, 2.24) is 10.2 Å². The molecule has 0 aliphatic carbocycles. The zero-order chi connectivity index (χ0) is 15.2. The third-order valence-electron chi connectivity index (χ3n) is 3.49. The minimum atomic E-state index is -0.0869. The van der Waals surface area contributed by atoms with Crippen LogP contribution >= 0.6 is 0 Å². The Morgan fingerprint density at radius 2 is 2.10 bits per heavy atom. The Balaban J connectivity index is 1.78. The fourth-order valence-electron chi connectivity index (χ4n) is 2.27. The summed E-state index contributed by atoms with van der Waals surface area (Å²) in [4.78, 5) is 13.6. The molecule has 0 saturated carbocycles. The number of hydrogen-bond acceptors (Lipinski definition) is 2. The fourth-order valence-corrected chi connectivity index (χ4v) is 2.27. The van der Waals surface area contributed by atoms with Crippen molar-refractivity contribution in [2.45, 2.75) is 26.8 Å². The van der Waals surface area contributed by atoms with E-state index >= 15 is 0 Å². The second kappa shape index (κ2) is 6.97. The van der Waals surface area contributed by atoms with Gasteiger partial charge in [-0.3, -0.25) is 0 Å². The van der Waals surface area contributed by atoms with E-state index in [0.29, 0.717) is 13.1 Å². The first-order chi connectivity index (χ1) is 10.1. The van der Waals surface area contributed by atoms with Crippen molar-refractivity contribution in [3.63, 3.8) is 0 Å². The normalized spacial score (nSPS) is 10.4. The van der Waals surface area contributed by atoms with Crippen LogP contribution in [0.2, 0.25) is 0 Å². The van der Waals surface area contributed by atoms with Crippen molar-refractivity contribution in [3.8, 4) is 0 Å². The number of furan rings is 1. The van der Waals surface area contributed by atoms with Crippen molar-refractivity contribution in [3.05, 3.63) is 59.0 Å². The molecule has 2 aromatic rings. The van der Waals surface area contributed by atoms with Crippen molar-refractivity contribution in [1.29, 1.82) is 0 Å². The minimum absolute atomic E-state index is 0.0869. The quantitative estimate of drug-likeness (QED) is 0.916. The fraction of sp³-hybridized carbons (Fsp3) is 0.353. The van der Waals surface area contributed by atoms with Gasteiger partial charge in [-0.25, -0.2) is 4.79 Å². The van der Waals surface area contributed by atoms with Gasteiger partial charge in [0.25, 0.3) is 0 Å². The van der Waals surface area contributed by atoms with Crippen LogP contribution in [0.4, 0.5) is 4.79 Å². The molecule has 112 valence electrons. The standard InChI is InChI=1S/C17H22N2O2/c1-13-6-7-15(14(2)11-13)8-9-18-17(20)19(3)12-16-5-4-10-21-16/h4-7,10-11H,8-9,12H2,1-3H3,(H,18,20). The van der Waals surface area contributed by atoms with Crippen molar-refractivity contribution < 1.29 is 9.21 Å². The van der Waals surface area contributed by atoms with Crippen LogP contribution in [0, 0.1) is 13.8 Å². The number of carbonyl (C=O) groups excluding carboxylic acids is 1. The number of urea groups is 1. The lowest BCUT2D eigenvalue weighted by Crippen LogP contribution is -2.37. The SMILES string of the molecule is Cc1ccc(CCNC(=O)N(C)Cc2ccco2)c(C)c1. The number of nitrogens with one attached hydrogen (secondary N) is 1. The summed E-state index contributed by atoms with van der Waals surface area (Å²) in [5.74, 6) is 0.780. The van der Waals surface area contributed by atoms with E-state index in [0.717, 1.165) is 12.2 Å². The highest BCUT2D eigenvalue weighted by atomic mass is 16.3. The molecule has 0 aliphatic heterocycles. The van der Waals surface area contributed by atoms with Crippen LogP contribution < -0.4 is 5.32 Å². The number of aryl methyl sites for hydroxylation is 2. The minimum Gasteiger partial charge on any atom is -0.467 e. The van der Waals surface area contributed by atoms with Crippen LogP contribution in [0.1, 0.15) is 22.5 Å². The molecule has 0 aliphatic rings. The zero-order valence-corrected chi connectivity index (χ0v) is 12.8. The molecule has 2 rings (SSSR count). The van der Waals surface area contributed by atoms with Crippen molar-refractivity contribution >= 4 is 6.03 Å². The lowest BCUT2D eigenvalue weighted by atomic mass is 10.0. The Kier molecular flexibility index (Phi) is 5.04. The van der Waals surface area contributed by atoms with E-state index in [4.69, 9.17) is 4.42 Å². The topological polar surface area (TPSA) is 45.5 Å². The molecule has 0 unspecified atom stereocenters. The Hall–Kier alpha value is -2.23. The number of benzene rings is 1. The van der Waals surface area contributed by atoms with Crippen LogP contribution in [-0.4, -0.2) is 24.5 Å². The van der Waals surface area contributed by atoms with Crippen molar-refractivity contribution in [2.75, 3.05) is 13.6 Å². The second-order valence-corrected chi connectivity index (χ2v) is 5.35. The Labute approximate surface area is 125 Å². The summed E-state index contributed by atoms with van der Waals surface area (Å²) in [6, 6.07) is 9.99. The molecule has 0 fully saturated rings. The maximum Gasteiger partial charge on any atom is 0.317 e. The van der Waals surface area contributed by atoms with Crippen LogP contribution in [-0.2, 0) is 13.0 Å². The summed E-state index contributed by atoms with van der Waals surface area (Å²) in [5.41, 5.74) is 3.81. The summed E-state index contributed by atoms with van der Waals surface area (Å²) >= 11 is 0. The molecule has 0 bridgehead atoms. The molecule has 4 heteroatoms. The Bertz CT molecular complexity index is 591. The highest BCUT2D eigenvalue weighted by Gasteiger charge is 2.09. The van der Waals surface area contributed by atoms with Gasteiger partial charge in [0.1, 0.15) is 5.76 Å². The molecular weight excluding hydrogens is 264 g/mol. The maximum atomic E-state index is 12.0. The average molecular weight is 286 g/mol. The number of rotatable bonds is 5. The molecule has 1 aromatic carbocycles. The maximum absolute atomic E-state index is 12.0. The van der Waals surface area contributed by atoms with Gasteiger partial charge in [0, 0.05) is 13.6 Å². The van der Waals surface area contributed by atoms with Gasteiger partial charge < -0.3 is 14.6 Å². The molecular formula is C17H22N2O2. The molecule has 0 spiro atoms. The lowest BCUT2D eigenvalue weighted by molar-refractivity contribution is 0.203. The van der Waals surface area contributed by atoms with Gasteiger partial charge in [-0.2, -0.15) is 0 Å². The predicted molar refractivity (Wildman–Crippen MR) is 83.2 cm³/mol. The monoisotopic (exact) mass is 286 g/mol. The highest BCUT2D eigenvalue weighted by Crippen LogP contribution is 2.10. The van der Waals surface area contributed by atoms with Crippen LogP contribution in [0.3, 0.4) is 0 Å². The first kappa shape index (κ1) is 15.2. The molecule has 0 atom stereocenters. The smallest absolute Gasteiger partial charge is 0.317 e. The van der Waals surface area contributed by atoms with Gasteiger partial charge in [0.2, 0.25) is 0 Å². The number of carbonyl (C=O) groups is 1. The summed E-state index contributed by atoms with van der Waals surface area (Å²) in [7, 11) is 1.76. The molecule has 1 N–H and O–H groups in total. The number of amides is 2. The third-order valence-corrected chi connectivity index (χ3v) is 3.49. The largest absolute Gasteiger partial charge is 0.467 e. The molecule has 1 aromatic heterocycles. The number of nitrogens with zero attached hydrogens (tertiary/aromatic N) is 1. The summed E-state index contributed by atoms with van der Waals surface area (Å²) in [5, 5.41) is 2.93. The van der Waals surface area contributed by atoms with Gasteiger partial charge in [0.05, 0.1) is 12.8 Å². The van der Waals surface area contributed by atoms with Gasteiger partial charge in [-0.15, -0.1) is 0 Å².